The van der Waals surface area contributed by atoms with Crippen molar-refractivity contribution in [2.24, 2.45) is 0 Å². The van der Waals surface area contributed by atoms with Gasteiger partial charge in [-0.3, -0.25) is 4.79 Å². The van der Waals surface area contributed by atoms with Crippen LogP contribution in [0.25, 0.3) is 0 Å². The first-order chi connectivity index (χ1) is 6.69. The zero-order valence-corrected chi connectivity index (χ0v) is 10.1. The van der Waals surface area contributed by atoms with Gasteiger partial charge in [0.1, 0.15) is 4.32 Å². The molecule has 1 atom stereocenters. The Bertz CT molecular complexity index is 233. The highest BCUT2D eigenvalue weighted by Gasteiger charge is 2.30. The highest BCUT2D eigenvalue weighted by Crippen LogP contribution is 2.26. The van der Waals surface area contributed by atoms with E-state index in [1.165, 1.54) is 7.11 Å². The number of ether oxygens (including phenoxy) is 1. The number of hydrogen-bond acceptors (Lipinski definition) is 4. The van der Waals surface area contributed by atoms with Crippen molar-refractivity contribution >= 4 is 34.3 Å². The standard InChI is InChI=1S/C9H15NO2S2/c1-3-4-10-7(5-8(11)12-2)6-14-9(10)13/h7H,3-6H2,1-2H3. The van der Waals surface area contributed by atoms with Crippen molar-refractivity contribution < 1.29 is 9.53 Å². The van der Waals surface area contributed by atoms with Gasteiger partial charge in [0.05, 0.1) is 19.6 Å². The van der Waals surface area contributed by atoms with Crippen LogP contribution in [-0.2, 0) is 9.53 Å². The zero-order chi connectivity index (χ0) is 10.6. The number of rotatable bonds is 4. The molecule has 0 N–H and O–H groups in total. The molecule has 1 saturated heterocycles. The Hall–Kier alpha value is -0.290. The topological polar surface area (TPSA) is 29.5 Å². The molecule has 3 nitrogen and oxygen atoms in total. The van der Waals surface area contributed by atoms with Gasteiger partial charge in [-0.25, -0.2) is 0 Å². The van der Waals surface area contributed by atoms with Gasteiger partial charge in [-0.05, 0) is 6.42 Å². The van der Waals surface area contributed by atoms with E-state index in [1.54, 1.807) is 11.8 Å². The van der Waals surface area contributed by atoms with E-state index in [4.69, 9.17) is 12.2 Å². The zero-order valence-electron chi connectivity index (χ0n) is 8.49. The van der Waals surface area contributed by atoms with E-state index in [0.717, 1.165) is 23.0 Å². The number of carbonyl (C=O) groups is 1. The van der Waals surface area contributed by atoms with Crippen LogP contribution in [0.3, 0.4) is 0 Å². The largest absolute Gasteiger partial charge is 0.469 e. The van der Waals surface area contributed by atoms with Crippen LogP contribution in [0.4, 0.5) is 0 Å². The molecule has 1 rings (SSSR count). The molecule has 0 radical (unpaired) electrons. The predicted octanol–water partition coefficient (Wildman–Crippen LogP) is 1.66. The number of thiocarbonyl (C=S) groups is 1. The van der Waals surface area contributed by atoms with Gasteiger partial charge in [-0.1, -0.05) is 30.9 Å². The third-order valence-corrected chi connectivity index (χ3v) is 3.79. The van der Waals surface area contributed by atoms with Crippen LogP contribution in [0.2, 0.25) is 0 Å². The monoisotopic (exact) mass is 233 g/mol. The molecule has 0 aliphatic carbocycles. The van der Waals surface area contributed by atoms with E-state index in [9.17, 15) is 4.79 Å². The van der Waals surface area contributed by atoms with E-state index in [2.05, 4.69) is 16.6 Å². The van der Waals surface area contributed by atoms with Gasteiger partial charge < -0.3 is 9.64 Å². The second-order valence-electron chi connectivity index (χ2n) is 3.20. The second-order valence-corrected chi connectivity index (χ2v) is 4.86. The van der Waals surface area contributed by atoms with Crippen LogP contribution < -0.4 is 0 Å². The lowest BCUT2D eigenvalue weighted by atomic mass is 10.2. The molecule has 0 aromatic heterocycles. The van der Waals surface area contributed by atoms with E-state index < -0.39 is 0 Å². The number of nitrogens with zero attached hydrogens (tertiary/aromatic N) is 1. The van der Waals surface area contributed by atoms with Crippen LogP contribution in [-0.4, -0.2) is 40.6 Å². The Balaban J connectivity index is 2.51. The molecule has 80 valence electrons. The van der Waals surface area contributed by atoms with Crippen LogP contribution in [0.5, 0.6) is 0 Å². The summed E-state index contributed by atoms with van der Waals surface area (Å²) in [4.78, 5) is 13.3. The molecule has 0 saturated carbocycles. The highest BCUT2D eigenvalue weighted by molar-refractivity contribution is 8.23. The molecule has 1 unspecified atom stereocenters. The first-order valence-electron chi connectivity index (χ1n) is 4.69. The Morgan fingerprint density at radius 3 is 3.07 bits per heavy atom. The van der Waals surface area contributed by atoms with Crippen molar-refractivity contribution in [2.75, 3.05) is 19.4 Å². The van der Waals surface area contributed by atoms with Crippen LogP contribution >= 0.6 is 24.0 Å². The summed E-state index contributed by atoms with van der Waals surface area (Å²) in [5, 5.41) is 0. The van der Waals surface area contributed by atoms with Gasteiger partial charge in [0, 0.05) is 12.3 Å². The fourth-order valence-corrected chi connectivity index (χ4v) is 2.93. The molecule has 0 spiro atoms. The SMILES string of the molecule is CCCN1C(=S)SCC1CC(=O)OC. The summed E-state index contributed by atoms with van der Waals surface area (Å²) in [6, 6.07) is 0.236. The molecular formula is C9H15NO2S2. The highest BCUT2D eigenvalue weighted by atomic mass is 32.2. The fourth-order valence-electron chi connectivity index (χ4n) is 1.45. The molecule has 5 heteroatoms. The van der Waals surface area contributed by atoms with Crippen molar-refractivity contribution in [2.45, 2.75) is 25.8 Å². The Morgan fingerprint density at radius 1 is 1.79 bits per heavy atom. The van der Waals surface area contributed by atoms with E-state index in [-0.39, 0.29) is 12.0 Å². The molecule has 0 aromatic carbocycles. The summed E-state index contributed by atoms with van der Waals surface area (Å²) >= 11 is 6.86. The minimum absolute atomic E-state index is 0.151. The van der Waals surface area contributed by atoms with Gasteiger partial charge in [-0.15, -0.1) is 0 Å². The smallest absolute Gasteiger partial charge is 0.307 e. The van der Waals surface area contributed by atoms with Crippen LogP contribution in [0, 0.1) is 0 Å². The first-order valence-corrected chi connectivity index (χ1v) is 6.08. The Kier molecular flexibility index (Phi) is 4.68. The lowest BCUT2D eigenvalue weighted by Gasteiger charge is -2.23. The predicted molar refractivity (Wildman–Crippen MR) is 62.5 cm³/mol. The number of hydrogen-bond donors (Lipinski definition) is 0. The lowest BCUT2D eigenvalue weighted by molar-refractivity contribution is -0.141. The van der Waals surface area contributed by atoms with Gasteiger partial charge in [0.2, 0.25) is 0 Å². The normalized spacial score (nSPS) is 21.4. The van der Waals surface area contributed by atoms with Crippen molar-refractivity contribution in [3.05, 3.63) is 0 Å². The van der Waals surface area contributed by atoms with Crippen molar-refractivity contribution in [1.82, 2.24) is 4.90 Å². The Morgan fingerprint density at radius 2 is 2.50 bits per heavy atom. The molecule has 1 aliphatic rings. The minimum atomic E-state index is -0.151. The third-order valence-electron chi connectivity index (χ3n) is 2.17. The first kappa shape index (κ1) is 11.8. The van der Waals surface area contributed by atoms with Gasteiger partial charge >= 0.3 is 5.97 Å². The molecule has 1 heterocycles. The van der Waals surface area contributed by atoms with Gasteiger partial charge in [0.25, 0.3) is 0 Å². The molecule has 1 aliphatic heterocycles. The third kappa shape index (κ3) is 2.85. The quantitative estimate of drug-likeness (QED) is 0.544. The molecule has 1 fully saturated rings. The average Bonchev–Trinajstić information content (AvgIpc) is 2.50. The molecule has 0 bridgehead atoms. The summed E-state index contributed by atoms with van der Waals surface area (Å²) in [5.74, 6) is 0.759. The molecule has 0 amide bonds. The maximum atomic E-state index is 11.1. The van der Waals surface area contributed by atoms with Crippen molar-refractivity contribution in [1.29, 1.82) is 0 Å². The van der Waals surface area contributed by atoms with Crippen LogP contribution in [0.1, 0.15) is 19.8 Å². The second kappa shape index (κ2) is 5.56. The minimum Gasteiger partial charge on any atom is -0.469 e. The average molecular weight is 233 g/mol. The summed E-state index contributed by atoms with van der Waals surface area (Å²) in [7, 11) is 1.42. The molecule has 14 heavy (non-hydrogen) atoms. The van der Waals surface area contributed by atoms with Crippen molar-refractivity contribution in [3.63, 3.8) is 0 Å². The number of methoxy groups -OCH3 is 1. The number of thioether (sulfide) groups is 1. The van der Waals surface area contributed by atoms with Gasteiger partial charge in [-0.2, -0.15) is 0 Å². The molecule has 0 aromatic rings. The van der Waals surface area contributed by atoms with Crippen molar-refractivity contribution in [3.8, 4) is 0 Å². The summed E-state index contributed by atoms with van der Waals surface area (Å²) in [6.07, 6.45) is 1.50. The summed E-state index contributed by atoms with van der Waals surface area (Å²) in [5.41, 5.74) is 0. The number of esters is 1. The maximum absolute atomic E-state index is 11.1. The van der Waals surface area contributed by atoms with E-state index >= 15 is 0 Å². The van der Waals surface area contributed by atoms with Gasteiger partial charge in [0.15, 0.2) is 0 Å². The summed E-state index contributed by atoms with van der Waals surface area (Å²) in [6.45, 7) is 3.05. The fraction of sp³-hybridized carbons (Fsp3) is 0.778. The lowest BCUT2D eigenvalue weighted by Crippen LogP contribution is -2.35. The van der Waals surface area contributed by atoms with E-state index in [1.807, 2.05) is 0 Å². The van der Waals surface area contributed by atoms with Crippen LogP contribution in [0.15, 0.2) is 0 Å². The van der Waals surface area contributed by atoms with E-state index in [0.29, 0.717) is 6.42 Å². The molecular weight excluding hydrogens is 218 g/mol. The Labute approximate surface area is 94.2 Å². The summed E-state index contributed by atoms with van der Waals surface area (Å²) < 4.78 is 5.57. The number of carbonyl (C=O) groups excluding carboxylic acids is 1. The maximum Gasteiger partial charge on any atom is 0.307 e.